The highest BCUT2D eigenvalue weighted by molar-refractivity contribution is 6.05. The van der Waals surface area contributed by atoms with Crippen molar-refractivity contribution in [3.63, 3.8) is 0 Å². The van der Waals surface area contributed by atoms with E-state index in [2.05, 4.69) is 15.4 Å². The van der Waals surface area contributed by atoms with E-state index < -0.39 is 0 Å². The van der Waals surface area contributed by atoms with Crippen LogP contribution in [0.1, 0.15) is 5.56 Å². The molecule has 1 aromatic carbocycles. The summed E-state index contributed by atoms with van der Waals surface area (Å²) in [5.74, 6) is 0.00880. The molecule has 5 nitrogen and oxygen atoms in total. The summed E-state index contributed by atoms with van der Waals surface area (Å²) in [6.45, 7) is 0. The number of nitrogens with two attached hydrogens (primary N) is 1. The molecule has 0 unspecified atom stereocenters. The van der Waals surface area contributed by atoms with Gasteiger partial charge in [-0.1, -0.05) is 6.07 Å². The van der Waals surface area contributed by atoms with Crippen molar-refractivity contribution in [2.24, 2.45) is 5.73 Å². The number of hydrogen-bond donors (Lipinski definition) is 3. The Labute approximate surface area is 68.1 Å². The SMILES string of the molecule is N=C(N)c1cccc2n[nH]nc12. The van der Waals surface area contributed by atoms with E-state index in [-0.39, 0.29) is 5.84 Å². The molecule has 0 saturated carbocycles. The largest absolute Gasteiger partial charge is 0.384 e. The smallest absolute Gasteiger partial charge is 0.125 e. The molecule has 5 heteroatoms. The van der Waals surface area contributed by atoms with Gasteiger partial charge in [-0.3, -0.25) is 5.41 Å². The molecule has 60 valence electrons. The number of hydrogen-bond acceptors (Lipinski definition) is 3. The first-order chi connectivity index (χ1) is 5.79. The summed E-state index contributed by atoms with van der Waals surface area (Å²) < 4.78 is 0. The highest BCUT2D eigenvalue weighted by atomic mass is 15.3. The van der Waals surface area contributed by atoms with Gasteiger partial charge < -0.3 is 5.73 Å². The molecule has 0 aliphatic carbocycles. The van der Waals surface area contributed by atoms with Gasteiger partial charge in [0.15, 0.2) is 0 Å². The zero-order chi connectivity index (χ0) is 8.55. The van der Waals surface area contributed by atoms with Crippen molar-refractivity contribution < 1.29 is 0 Å². The topological polar surface area (TPSA) is 91.4 Å². The standard InChI is InChI=1S/C7H7N5/c8-7(9)4-2-1-3-5-6(4)11-12-10-5/h1-3H,(H3,8,9)(H,10,11,12). The molecule has 0 aliphatic heterocycles. The average molecular weight is 161 g/mol. The summed E-state index contributed by atoms with van der Waals surface area (Å²) in [5, 5.41) is 17.5. The number of amidine groups is 1. The molecule has 1 aromatic heterocycles. The fourth-order valence-electron chi connectivity index (χ4n) is 1.09. The van der Waals surface area contributed by atoms with Crippen LogP contribution >= 0.6 is 0 Å². The Morgan fingerprint density at radius 3 is 3.00 bits per heavy atom. The Kier molecular flexibility index (Phi) is 1.30. The molecule has 4 N–H and O–H groups in total. The minimum atomic E-state index is 0.00880. The molecule has 0 bridgehead atoms. The van der Waals surface area contributed by atoms with Crippen molar-refractivity contribution in [1.82, 2.24) is 15.4 Å². The number of para-hydroxylation sites is 1. The van der Waals surface area contributed by atoms with Crippen molar-refractivity contribution in [2.75, 3.05) is 0 Å². The first-order valence-electron chi connectivity index (χ1n) is 3.43. The lowest BCUT2D eigenvalue weighted by atomic mass is 10.2. The van der Waals surface area contributed by atoms with Crippen LogP contribution in [0.5, 0.6) is 0 Å². The van der Waals surface area contributed by atoms with E-state index in [9.17, 15) is 0 Å². The van der Waals surface area contributed by atoms with Gasteiger partial charge in [-0.15, -0.1) is 0 Å². The molecule has 0 radical (unpaired) electrons. The summed E-state index contributed by atoms with van der Waals surface area (Å²) in [7, 11) is 0. The van der Waals surface area contributed by atoms with Gasteiger partial charge in [0.05, 0.1) is 0 Å². The number of aromatic amines is 1. The third-order valence-corrected chi connectivity index (χ3v) is 1.64. The van der Waals surface area contributed by atoms with Gasteiger partial charge in [0.25, 0.3) is 0 Å². The van der Waals surface area contributed by atoms with Gasteiger partial charge in [-0.25, -0.2) is 0 Å². The van der Waals surface area contributed by atoms with E-state index in [0.717, 1.165) is 5.52 Å². The van der Waals surface area contributed by atoms with Gasteiger partial charge in [-0.05, 0) is 12.1 Å². The Hall–Kier alpha value is -1.91. The summed E-state index contributed by atoms with van der Waals surface area (Å²) in [4.78, 5) is 0. The lowest BCUT2D eigenvalue weighted by Crippen LogP contribution is -2.11. The minimum Gasteiger partial charge on any atom is -0.384 e. The van der Waals surface area contributed by atoms with E-state index >= 15 is 0 Å². The maximum atomic E-state index is 7.25. The van der Waals surface area contributed by atoms with Crippen LogP contribution in [-0.4, -0.2) is 21.2 Å². The number of nitrogens with one attached hydrogen (secondary N) is 2. The predicted octanol–water partition coefficient (Wildman–Crippen LogP) is 0.242. The number of rotatable bonds is 1. The zero-order valence-electron chi connectivity index (χ0n) is 6.20. The van der Waals surface area contributed by atoms with Crippen molar-refractivity contribution in [1.29, 1.82) is 5.41 Å². The molecule has 0 saturated heterocycles. The molecular weight excluding hydrogens is 154 g/mol. The number of nitrogen functional groups attached to an aromatic ring is 1. The molecule has 2 aromatic rings. The predicted molar refractivity (Wildman–Crippen MR) is 44.9 cm³/mol. The van der Waals surface area contributed by atoms with Crippen LogP contribution in [-0.2, 0) is 0 Å². The molecule has 0 spiro atoms. The molecule has 12 heavy (non-hydrogen) atoms. The Bertz CT molecular complexity index is 430. The Morgan fingerprint density at radius 1 is 1.42 bits per heavy atom. The molecule has 0 atom stereocenters. The van der Waals surface area contributed by atoms with Crippen LogP contribution in [0.15, 0.2) is 18.2 Å². The van der Waals surface area contributed by atoms with E-state index in [1.54, 1.807) is 12.1 Å². The molecule has 0 aliphatic rings. The van der Waals surface area contributed by atoms with Crippen molar-refractivity contribution >= 4 is 16.9 Å². The third kappa shape index (κ3) is 0.833. The normalized spacial score (nSPS) is 10.3. The second kappa shape index (κ2) is 2.30. The van der Waals surface area contributed by atoms with E-state index in [4.69, 9.17) is 11.1 Å². The minimum absolute atomic E-state index is 0.00880. The van der Waals surface area contributed by atoms with Crippen LogP contribution in [0, 0.1) is 5.41 Å². The monoisotopic (exact) mass is 161 g/mol. The lowest BCUT2D eigenvalue weighted by molar-refractivity contribution is 0.959. The molecule has 2 rings (SSSR count). The van der Waals surface area contributed by atoms with Crippen LogP contribution in [0.3, 0.4) is 0 Å². The maximum Gasteiger partial charge on any atom is 0.125 e. The maximum absolute atomic E-state index is 7.25. The van der Waals surface area contributed by atoms with Crippen LogP contribution in [0.2, 0.25) is 0 Å². The fourth-order valence-corrected chi connectivity index (χ4v) is 1.09. The number of fused-ring (bicyclic) bond motifs is 1. The van der Waals surface area contributed by atoms with Crippen molar-refractivity contribution in [2.45, 2.75) is 0 Å². The number of benzene rings is 1. The lowest BCUT2D eigenvalue weighted by Gasteiger charge is -1.95. The first-order valence-corrected chi connectivity index (χ1v) is 3.43. The van der Waals surface area contributed by atoms with Gasteiger partial charge in [-0.2, -0.15) is 15.4 Å². The van der Waals surface area contributed by atoms with Crippen molar-refractivity contribution in [3.05, 3.63) is 23.8 Å². The summed E-state index contributed by atoms with van der Waals surface area (Å²) in [6, 6.07) is 5.35. The third-order valence-electron chi connectivity index (χ3n) is 1.64. The molecule has 0 amide bonds. The molecule has 0 fully saturated rings. The van der Waals surface area contributed by atoms with Gasteiger partial charge in [0, 0.05) is 5.56 Å². The molecular formula is C7H7N5. The summed E-state index contributed by atoms with van der Waals surface area (Å²) in [6.07, 6.45) is 0. The Balaban J connectivity index is 2.82. The fraction of sp³-hybridized carbons (Fsp3) is 0. The van der Waals surface area contributed by atoms with E-state index in [1.165, 1.54) is 0 Å². The Morgan fingerprint density at radius 2 is 2.25 bits per heavy atom. The van der Waals surface area contributed by atoms with Crippen molar-refractivity contribution in [3.8, 4) is 0 Å². The van der Waals surface area contributed by atoms with Crippen LogP contribution < -0.4 is 5.73 Å². The highest BCUT2D eigenvalue weighted by Crippen LogP contribution is 2.11. The molecule has 1 heterocycles. The quantitative estimate of drug-likeness (QED) is 0.413. The second-order valence-corrected chi connectivity index (χ2v) is 2.41. The van der Waals surface area contributed by atoms with Crippen LogP contribution in [0.4, 0.5) is 0 Å². The second-order valence-electron chi connectivity index (χ2n) is 2.41. The van der Waals surface area contributed by atoms with E-state index in [1.807, 2.05) is 6.07 Å². The van der Waals surface area contributed by atoms with Crippen LogP contribution in [0.25, 0.3) is 11.0 Å². The van der Waals surface area contributed by atoms with Gasteiger partial charge in [0.2, 0.25) is 0 Å². The van der Waals surface area contributed by atoms with E-state index in [0.29, 0.717) is 11.1 Å². The highest BCUT2D eigenvalue weighted by Gasteiger charge is 2.05. The number of aromatic nitrogens is 3. The number of H-pyrrole nitrogens is 1. The summed E-state index contributed by atoms with van der Waals surface area (Å²) >= 11 is 0. The van der Waals surface area contributed by atoms with Gasteiger partial charge in [0.1, 0.15) is 16.9 Å². The average Bonchev–Trinajstić information content (AvgIpc) is 2.49. The first kappa shape index (κ1) is 6.78. The summed E-state index contributed by atoms with van der Waals surface area (Å²) in [5.41, 5.74) is 7.32. The number of nitrogens with zero attached hydrogens (tertiary/aromatic N) is 2. The zero-order valence-corrected chi connectivity index (χ0v) is 6.20. The van der Waals surface area contributed by atoms with Gasteiger partial charge >= 0.3 is 0 Å².